The number of hydrogen-bond acceptors (Lipinski definition) is 5. The van der Waals surface area contributed by atoms with Crippen LogP contribution < -0.4 is 15.8 Å². The quantitative estimate of drug-likeness (QED) is 0.343. The van der Waals surface area contributed by atoms with Crippen LogP contribution in [-0.4, -0.2) is 34.3 Å². The predicted molar refractivity (Wildman–Crippen MR) is 128 cm³/mol. The van der Waals surface area contributed by atoms with Crippen LogP contribution in [0.5, 0.6) is 0 Å². The number of fused-ring (bicyclic) bond motifs is 1. The van der Waals surface area contributed by atoms with Crippen molar-refractivity contribution in [1.82, 2.24) is 9.55 Å². The molecule has 0 radical (unpaired) electrons. The average molecular weight is 435 g/mol. The Hall–Kier alpha value is -3.06. The minimum absolute atomic E-state index is 0.123. The van der Waals surface area contributed by atoms with Crippen LogP contribution in [0.2, 0.25) is 0 Å². The summed E-state index contributed by atoms with van der Waals surface area (Å²) in [7, 11) is 0. The fourth-order valence-corrected chi connectivity index (χ4v) is 4.63. The number of aromatic nitrogens is 2. The lowest BCUT2D eigenvalue weighted by Crippen LogP contribution is -2.24. The number of nitrogens with zero attached hydrogens (tertiary/aromatic N) is 3. The van der Waals surface area contributed by atoms with Crippen molar-refractivity contribution in [1.29, 1.82) is 0 Å². The molecule has 160 valence electrons. The van der Waals surface area contributed by atoms with Crippen molar-refractivity contribution < 1.29 is 4.79 Å². The number of aryl methyl sites for hydroxylation is 1. The van der Waals surface area contributed by atoms with Gasteiger partial charge in [0.15, 0.2) is 5.16 Å². The molecule has 1 amide bonds. The zero-order valence-corrected chi connectivity index (χ0v) is 18.5. The Balaban J connectivity index is 1.47. The Bertz CT molecular complexity index is 1180. The highest BCUT2D eigenvalue weighted by Gasteiger charge is 2.15. The molecule has 0 atom stereocenters. The Morgan fingerprint density at radius 2 is 2.00 bits per heavy atom. The Morgan fingerprint density at radius 1 is 1.23 bits per heavy atom. The lowest BCUT2D eigenvalue weighted by atomic mass is 10.1. The van der Waals surface area contributed by atoms with E-state index in [0.29, 0.717) is 22.6 Å². The average Bonchev–Trinajstić information content (AvgIpc) is 3.31. The maximum absolute atomic E-state index is 12.8. The van der Waals surface area contributed by atoms with E-state index < -0.39 is 0 Å². The summed E-state index contributed by atoms with van der Waals surface area (Å²) in [6.07, 6.45) is 4.12. The number of para-hydroxylation sites is 1. The second-order valence-corrected chi connectivity index (χ2v) is 8.59. The first-order valence-electron chi connectivity index (χ1n) is 10.5. The normalized spacial score (nSPS) is 13.5. The van der Waals surface area contributed by atoms with Gasteiger partial charge in [0.25, 0.3) is 5.56 Å². The SMILES string of the molecule is C=CCn1c(SCC(=O)Nc2ccc(N3CCCC3)cc2C)nc2ccccc2c1=O. The zero-order valence-electron chi connectivity index (χ0n) is 17.6. The van der Waals surface area contributed by atoms with E-state index in [-0.39, 0.29) is 17.2 Å². The first kappa shape index (κ1) is 21.2. The van der Waals surface area contributed by atoms with E-state index in [4.69, 9.17) is 0 Å². The molecule has 0 saturated carbocycles. The molecule has 31 heavy (non-hydrogen) atoms. The first-order chi connectivity index (χ1) is 15.1. The van der Waals surface area contributed by atoms with Gasteiger partial charge in [-0.3, -0.25) is 14.2 Å². The second kappa shape index (κ2) is 9.39. The molecule has 0 bridgehead atoms. The van der Waals surface area contributed by atoms with Crippen molar-refractivity contribution in [2.24, 2.45) is 0 Å². The molecule has 7 heteroatoms. The van der Waals surface area contributed by atoms with E-state index in [0.717, 1.165) is 24.3 Å². The van der Waals surface area contributed by atoms with Gasteiger partial charge in [0.05, 0.1) is 16.7 Å². The van der Waals surface area contributed by atoms with Gasteiger partial charge in [-0.05, 0) is 55.7 Å². The maximum atomic E-state index is 12.8. The number of nitrogens with one attached hydrogen (secondary N) is 1. The van der Waals surface area contributed by atoms with E-state index in [2.05, 4.69) is 33.9 Å². The molecule has 1 aromatic heterocycles. The molecular formula is C24H26N4O2S. The van der Waals surface area contributed by atoms with Gasteiger partial charge in [0.2, 0.25) is 5.91 Å². The van der Waals surface area contributed by atoms with Gasteiger partial charge in [0.1, 0.15) is 0 Å². The third-order valence-corrected chi connectivity index (χ3v) is 6.40. The molecule has 6 nitrogen and oxygen atoms in total. The number of amides is 1. The number of hydrogen-bond donors (Lipinski definition) is 1. The first-order valence-corrected chi connectivity index (χ1v) is 11.4. The van der Waals surface area contributed by atoms with Crippen LogP contribution in [0.3, 0.4) is 0 Å². The summed E-state index contributed by atoms with van der Waals surface area (Å²) >= 11 is 1.26. The fourth-order valence-electron chi connectivity index (χ4n) is 3.82. The van der Waals surface area contributed by atoms with Crippen LogP contribution in [0, 0.1) is 6.92 Å². The monoisotopic (exact) mass is 434 g/mol. The summed E-state index contributed by atoms with van der Waals surface area (Å²) < 4.78 is 1.56. The highest BCUT2D eigenvalue weighted by Crippen LogP contribution is 2.26. The van der Waals surface area contributed by atoms with Gasteiger partial charge in [-0.1, -0.05) is 30.0 Å². The van der Waals surface area contributed by atoms with Crippen molar-refractivity contribution in [3.05, 3.63) is 71.0 Å². The number of rotatable bonds is 7. The minimum Gasteiger partial charge on any atom is -0.372 e. The van der Waals surface area contributed by atoms with Gasteiger partial charge in [0, 0.05) is 31.0 Å². The molecule has 1 saturated heterocycles. The molecular weight excluding hydrogens is 408 g/mol. The molecule has 2 aromatic carbocycles. The van der Waals surface area contributed by atoms with Crippen LogP contribution in [0.1, 0.15) is 18.4 Å². The van der Waals surface area contributed by atoms with E-state index in [1.807, 2.05) is 31.2 Å². The number of anilines is 2. The smallest absolute Gasteiger partial charge is 0.262 e. The van der Waals surface area contributed by atoms with Gasteiger partial charge in [-0.25, -0.2) is 4.98 Å². The molecule has 1 aliphatic heterocycles. The molecule has 0 unspecified atom stereocenters. The van der Waals surface area contributed by atoms with Crippen molar-refractivity contribution in [2.75, 3.05) is 29.1 Å². The Morgan fingerprint density at radius 3 is 2.74 bits per heavy atom. The number of allylic oxidation sites excluding steroid dienone is 1. The highest BCUT2D eigenvalue weighted by molar-refractivity contribution is 7.99. The molecule has 4 rings (SSSR count). The summed E-state index contributed by atoms with van der Waals surface area (Å²) in [6, 6.07) is 13.4. The van der Waals surface area contributed by atoms with Gasteiger partial charge >= 0.3 is 0 Å². The molecule has 0 spiro atoms. The van der Waals surface area contributed by atoms with Crippen LogP contribution >= 0.6 is 11.8 Å². The van der Waals surface area contributed by atoms with Crippen molar-refractivity contribution in [3.63, 3.8) is 0 Å². The summed E-state index contributed by atoms with van der Waals surface area (Å²) in [4.78, 5) is 32.4. The van der Waals surface area contributed by atoms with E-state index in [9.17, 15) is 9.59 Å². The van der Waals surface area contributed by atoms with Crippen molar-refractivity contribution >= 4 is 39.9 Å². The third-order valence-electron chi connectivity index (χ3n) is 5.43. The van der Waals surface area contributed by atoms with Gasteiger partial charge in [-0.15, -0.1) is 6.58 Å². The molecule has 1 fully saturated rings. The number of carbonyl (C=O) groups is 1. The van der Waals surface area contributed by atoms with Crippen LogP contribution in [0.25, 0.3) is 10.9 Å². The molecule has 0 aliphatic carbocycles. The molecule has 2 heterocycles. The van der Waals surface area contributed by atoms with Crippen LogP contribution in [0.15, 0.2) is 65.1 Å². The van der Waals surface area contributed by atoms with Gasteiger partial charge < -0.3 is 10.2 Å². The lowest BCUT2D eigenvalue weighted by Gasteiger charge is -2.19. The summed E-state index contributed by atoms with van der Waals surface area (Å²) in [5.74, 6) is 0.0319. The van der Waals surface area contributed by atoms with Gasteiger partial charge in [-0.2, -0.15) is 0 Å². The number of benzene rings is 2. The van der Waals surface area contributed by atoms with Crippen LogP contribution in [0.4, 0.5) is 11.4 Å². The minimum atomic E-state index is -0.130. The topological polar surface area (TPSA) is 67.2 Å². The molecule has 1 N–H and O–H groups in total. The van der Waals surface area contributed by atoms with Crippen molar-refractivity contribution in [2.45, 2.75) is 31.5 Å². The summed E-state index contributed by atoms with van der Waals surface area (Å²) in [5.41, 5.74) is 3.56. The van der Waals surface area contributed by atoms with E-state index >= 15 is 0 Å². The largest absolute Gasteiger partial charge is 0.372 e. The van der Waals surface area contributed by atoms with Crippen molar-refractivity contribution in [3.8, 4) is 0 Å². The number of carbonyl (C=O) groups excluding carboxylic acids is 1. The lowest BCUT2D eigenvalue weighted by molar-refractivity contribution is -0.113. The van der Waals surface area contributed by atoms with Crippen LogP contribution in [-0.2, 0) is 11.3 Å². The third kappa shape index (κ3) is 4.66. The zero-order chi connectivity index (χ0) is 21.8. The molecule has 3 aromatic rings. The number of thioether (sulfide) groups is 1. The predicted octanol–water partition coefficient (Wildman–Crippen LogP) is 4.22. The maximum Gasteiger partial charge on any atom is 0.262 e. The van der Waals surface area contributed by atoms with E-state index in [1.165, 1.54) is 30.3 Å². The highest BCUT2D eigenvalue weighted by atomic mass is 32.2. The fraction of sp³-hybridized carbons (Fsp3) is 0.292. The Labute approximate surface area is 186 Å². The molecule has 1 aliphatic rings. The summed E-state index contributed by atoms with van der Waals surface area (Å²) in [6.45, 7) is 8.27. The second-order valence-electron chi connectivity index (χ2n) is 7.65. The van der Waals surface area contributed by atoms with E-state index in [1.54, 1.807) is 16.7 Å². The summed E-state index contributed by atoms with van der Waals surface area (Å²) in [5, 5.41) is 4.06. The Kier molecular flexibility index (Phi) is 6.42. The standard InChI is InChI=1S/C24H26N4O2S/c1-3-12-28-23(30)19-8-4-5-9-21(19)26-24(28)31-16-22(29)25-20-11-10-18(15-17(20)2)27-13-6-7-14-27/h3-5,8-11,15H,1,6-7,12-14,16H2,2H3,(H,25,29).